The van der Waals surface area contributed by atoms with E-state index in [1.54, 1.807) is 26.2 Å². The molecule has 0 unspecified atom stereocenters. The number of aromatic nitrogens is 1. The van der Waals surface area contributed by atoms with Crippen LogP contribution in [-0.4, -0.2) is 35.8 Å². The molecule has 0 radical (unpaired) electrons. The molecular weight excluding hydrogens is 344 g/mol. The van der Waals surface area contributed by atoms with E-state index in [0.29, 0.717) is 11.6 Å². The number of hydrogen-bond acceptors (Lipinski definition) is 4. The van der Waals surface area contributed by atoms with Gasteiger partial charge in [-0.05, 0) is 18.2 Å². The third-order valence-electron chi connectivity index (χ3n) is 3.49. The lowest BCUT2D eigenvalue weighted by Gasteiger charge is -2.12. The first-order valence-electron chi connectivity index (χ1n) is 7.90. The van der Waals surface area contributed by atoms with E-state index in [1.165, 1.54) is 11.1 Å². The van der Waals surface area contributed by atoms with Gasteiger partial charge >= 0.3 is 0 Å². The summed E-state index contributed by atoms with van der Waals surface area (Å²) < 4.78 is 32.1. The highest BCUT2D eigenvalue weighted by Crippen LogP contribution is 2.26. The maximum absolute atomic E-state index is 13.7. The summed E-state index contributed by atoms with van der Waals surface area (Å²) in [5.74, 6) is -2.08. The second-order valence-electron chi connectivity index (χ2n) is 5.71. The number of rotatable bonds is 7. The molecule has 1 N–H and O–H groups in total. The Balaban J connectivity index is 1.98. The molecule has 0 aliphatic carbocycles. The fourth-order valence-corrected chi connectivity index (χ4v) is 2.04. The van der Waals surface area contributed by atoms with E-state index in [1.807, 2.05) is 0 Å². The summed E-state index contributed by atoms with van der Waals surface area (Å²) in [6.07, 6.45) is 1.62. The molecule has 0 bridgehead atoms. The van der Waals surface area contributed by atoms with Crippen molar-refractivity contribution in [2.75, 3.05) is 14.1 Å². The van der Waals surface area contributed by atoms with Crippen molar-refractivity contribution in [1.82, 2.24) is 15.2 Å². The third-order valence-corrected chi connectivity index (χ3v) is 3.49. The van der Waals surface area contributed by atoms with Crippen molar-refractivity contribution in [3.8, 4) is 11.6 Å². The Kier molecular flexibility index (Phi) is 6.60. The van der Waals surface area contributed by atoms with Crippen LogP contribution in [0.2, 0.25) is 0 Å². The molecule has 0 atom stereocenters. The van der Waals surface area contributed by atoms with Gasteiger partial charge in [0, 0.05) is 51.3 Å². The molecule has 138 valence electrons. The number of benzene rings is 1. The molecule has 2 amide bonds. The van der Waals surface area contributed by atoms with Crippen LogP contribution in [0, 0.1) is 11.6 Å². The van der Waals surface area contributed by atoms with Gasteiger partial charge in [0.15, 0.2) is 11.6 Å². The Morgan fingerprint density at radius 1 is 1.19 bits per heavy atom. The lowest BCUT2D eigenvalue weighted by molar-refractivity contribution is -0.131. The third kappa shape index (κ3) is 5.51. The van der Waals surface area contributed by atoms with Crippen molar-refractivity contribution in [3.63, 3.8) is 0 Å². The number of hydrogen-bond donors (Lipinski definition) is 1. The monoisotopic (exact) mass is 363 g/mol. The predicted octanol–water partition coefficient (Wildman–Crippen LogP) is 2.64. The molecule has 26 heavy (non-hydrogen) atoms. The highest BCUT2D eigenvalue weighted by atomic mass is 19.1. The van der Waals surface area contributed by atoms with Crippen LogP contribution in [0.5, 0.6) is 11.6 Å². The zero-order valence-electron chi connectivity index (χ0n) is 14.5. The molecule has 8 heteroatoms. The Bertz CT molecular complexity index is 797. The first-order valence-corrected chi connectivity index (χ1v) is 7.90. The largest absolute Gasteiger partial charge is 0.436 e. The molecule has 2 rings (SSSR count). The fraction of sp³-hybridized carbons (Fsp3) is 0.278. The van der Waals surface area contributed by atoms with Gasteiger partial charge in [0.2, 0.25) is 17.7 Å². The van der Waals surface area contributed by atoms with E-state index in [9.17, 15) is 18.4 Å². The van der Waals surface area contributed by atoms with Crippen molar-refractivity contribution >= 4 is 11.8 Å². The Morgan fingerprint density at radius 2 is 1.96 bits per heavy atom. The normalized spacial score (nSPS) is 10.3. The van der Waals surface area contributed by atoms with Gasteiger partial charge in [-0.3, -0.25) is 9.59 Å². The van der Waals surface area contributed by atoms with E-state index in [4.69, 9.17) is 4.74 Å². The number of carbonyl (C=O) groups is 2. The summed E-state index contributed by atoms with van der Waals surface area (Å²) in [7, 11) is 3.24. The molecule has 6 nitrogen and oxygen atoms in total. The number of ether oxygens (including phenoxy) is 1. The maximum Gasteiger partial charge on any atom is 0.224 e. The van der Waals surface area contributed by atoms with Gasteiger partial charge in [0.25, 0.3) is 0 Å². The van der Waals surface area contributed by atoms with Crippen molar-refractivity contribution in [2.45, 2.75) is 19.4 Å². The van der Waals surface area contributed by atoms with E-state index >= 15 is 0 Å². The van der Waals surface area contributed by atoms with Gasteiger partial charge in [-0.1, -0.05) is 6.07 Å². The lowest BCUT2D eigenvalue weighted by atomic mass is 10.2. The zero-order valence-corrected chi connectivity index (χ0v) is 14.5. The van der Waals surface area contributed by atoms with Gasteiger partial charge in [-0.25, -0.2) is 13.8 Å². The predicted molar refractivity (Wildman–Crippen MR) is 90.4 cm³/mol. The molecule has 0 saturated heterocycles. The number of carbonyl (C=O) groups excluding carboxylic acids is 2. The summed E-state index contributed by atoms with van der Waals surface area (Å²) in [4.78, 5) is 28.8. The molecule has 2 aromatic rings. The molecule has 1 heterocycles. The van der Waals surface area contributed by atoms with E-state index in [0.717, 1.165) is 12.1 Å². The van der Waals surface area contributed by atoms with Crippen LogP contribution in [0.4, 0.5) is 8.78 Å². The minimum atomic E-state index is -0.854. The second-order valence-corrected chi connectivity index (χ2v) is 5.71. The van der Waals surface area contributed by atoms with Crippen LogP contribution in [0.3, 0.4) is 0 Å². The Morgan fingerprint density at radius 3 is 2.65 bits per heavy atom. The smallest absolute Gasteiger partial charge is 0.224 e. The minimum Gasteiger partial charge on any atom is -0.436 e. The minimum absolute atomic E-state index is 0.0556. The van der Waals surface area contributed by atoms with Crippen molar-refractivity contribution in [1.29, 1.82) is 0 Å². The van der Waals surface area contributed by atoms with Crippen molar-refractivity contribution < 1.29 is 23.1 Å². The van der Waals surface area contributed by atoms with Crippen LogP contribution in [0.1, 0.15) is 18.4 Å². The van der Waals surface area contributed by atoms with Crippen molar-refractivity contribution in [3.05, 3.63) is 53.7 Å². The molecule has 0 aliphatic rings. The summed E-state index contributed by atoms with van der Waals surface area (Å²) in [5.41, 5.74) is 0.517. The maximum atomic E-state index is 13.7. The SMILES string of the molecule is CN(C)C(=O)CCC(=O)NCc1cccnc1Oc1ccc(F)cc1F. The summed E-state index contributed by atoms with van der Waals surface area (Å²) in [6, 6.07) is 6.25. The van der Waals surface area contributed by atoms with Gasteiger partial charge in [0.05, 0.1) is 0 Å². The van der Waals surface area contributed by atoms with Crippen LogP contribution >= 0.6 is 0 Å². The number of nitrogens with one attached hydrogen (secondary N) is 1. The van der Waals surface area contributed by atoms with Gasteiger partial charge in [-0.15, -0.1) is 0 Å². The van der Waals surface area contributed by atoms with Crippen LogP contribution in [-0.2, 0) is 16.1 Å². The van der Waals surface area contributed by atoms with Crippen LogP contribution in [0.25, 0.3) is 0 Å². The number of amides is 2. The van der Waals surface area contributed by atoms with Gasteiger partial charge < -0.3 is 15.0 Å². The molecule has 1 aromatic carbocycles. The molecule has 0 saturated carbocycles. The zero-order chi connectivity index (χ0) is 19.1. The van der Waals surface area contributed by atoms with E-state index in [2.05, 4.69) is 10.3 Å². The molecular formula is C18H19F2N3O3. The van der Waals surface area contributed by atoms with E-state index < -0.39 is 11.6 Å². The van der Waals surface area contributed by atoms with Crippen molar-refractivity contribution in [2.24, 2.45) is 0 Å². The number of pyridine rings is 1. The quantitative estimate of drug-likeness (QED) is 0.821. The molecule has 0 aliphatic heterocycles. The molecule has 0 fully saturated rings. The summed E-state index contributed by atoms with van der Waals surface area (Å²) in [5, 5.41) is 2.66. The lowest BCUT2D eigenvalue weighted by Crippen LogP contribution is -2.27. The standard InChI is InChI=1S/C18H19F2N3O3/c1-23(2)17(25)8-7-16(24)22-11-12-4-3-9-21-18(12)26-15-6-5-13(19)10-14(15)20/h3-6,9-10H,7-8,11H2,1-2H3,(H,22,24). The summed E-state index contributed by atoms with van der Waals surface area (Å²) >= 11 is 0. The van der Waals surface area contributed by atoms with Gasteiger partial charge in [-0.2, -0.15) is 0 Å². The number of halogens is 2. The molecule has 1 aromatic heterocycles. The summed E-state index contributed by atoms with van der Waals surface area (Å²) in [6.45, 7) is 0.0982. The topological polar surface area (TPSA) is 71.5 Å². The highest BCUT2D eigenvalue weighted by Gasteiger charge is 2.12. The van der Waals surface area contributed by atoms with E-state index in [-0.39, 0.29) is 42.8 Å². The van der Waals surface area contributed by atoms with Gasteiger partial charge in [0.1, 0.15) is 5.82 Å². The van der Waals surface area contributed by atoms with Crippen LogP contribution < -0.4 is 10.1 Å². The van der Waals surface area contributed by atoms with Crippen LogP contribution in [0.15, 0.2) is 36.5 Å². The average molecular weight is 363 g/mol. The fourth-order valence-electron chi connectivity index (χ4n) is 2.04. The second kappa shape index (κ2) is 8.89. The highest BCUT2D eigenvalue weighted by molar-refractivity contribution is 5.83. The average Bonchev–Trinajstić information content (AvgIpc) is 2.61. The first kappa shape index (κ1) is 19.3. The first-order chi connectivity index (χ1) is 12.4. The Hall–Kier alpha value is -3.03. The molecule has 0 spiro atoms. The number of nitrogens with zero attached hydrogens (tertiary/aromatic N) is 2. The Labute approximate surface area is 149 Å².